The van der Waals surface area contributed by atoms with Crippen molar-refractivity contribution in [2.45, 2.75) is 46.1 Å². The van der Waals surface area contributed by atoms with Gasteiger partial charge in [-0.3, -0.25) is 4.79 Å². The summed E-state index contributed by atoms with van der Waals surface area (Å²) in [5.74, 6) is 0.376. The van der Waals surface area contributed by atoms with Crippen LogP contribution in [0.25, 0.3) is 0 Å². The number of rotatable bonds is 1. The van der Waals surface area contributed by atoms with E-state index in [4.69, 9.17) is 9.47 Å². The smallest absolute Gasteiger partial charge is 0.339 e. The molecule has 3 aliphatic rings. The van der Waals surface area contributed by atoms with Crippen molar-refractivity contribution in [2.75, 3.05) is 0 Å². The average Bonchev–Trinajstić information content (AvgIpc) is 2.66. The van der Waals surface area contributed by atoms with Crippen molar-refractivity contribution in [3.63, 3.8) is 0 Å². The Kier molecular flexibility index (Phi) is 3.08. The van der Waals surface area contributed by atoms with E-state index in [1.54, 1.807) is 6.92 Å². The number of hydrogen-bond acceptors (Lipinski definition) is 4. The van der Waals surface area contributed by atoms with E-state index < -0.39 is 0 Å². The highest BCUT2D eigenvalue weighted by Crippen LogP contribution is 2.54. The standard InChI is InChI=1S/C17H20O4/c1-9-12-7-13-10(2)14(20-11(3)18)5-6-17(13,4)8-15(12)21-16(9)19/h8,13-14H,2,5-7H2,1,3-4H3. The number of fused-ring (bicyclic) bond motifs is 2. The summed E-state index contributed by atoms with van der Waals surface area (Å²) in [6.07, 6.45) is 4.24. The highest BCUT2D eigenvalue weighted by atomic mass is 16.5. The molecule has 0 aromatic carbocycles. The Hall–Kier alpha value is -1.84. The summed E-state index contributed by atoms with van der Waals surface area (Å²) in [5, 5.41) is 0. The summed E-state index contributed by atoms with van der Waals surface area (Å²) < 4.78 is 10.7. The molecule has 4 heteroatoms. The van der Waals surface area contributed by atoms with Gasteiger partial charge in [-0.25, -0.2) is 4.79 Å². The maximum atomic E-state index is 11.7. The molecule has 1 heterocycles. The molecule has 1 saturated carbocycles. The molecular formula is C17H20O4. The first-order valence-electron chi connectivity index (χ1n) is 7.33. The van der Waals surface area contributed by atoms with Crippen LogP contribution in [-0.2, 0) is 19.1 Å². The van der Waals surface area contributed by atoms with Gasteiger partial charge in [-0.05, 0) is 49.2 Å². The van der Waals surface area contributed by atoms with Gasteiger partial charge in [-0.1, -0.05) is 13.5 Å². The Balaban J connectivity index is 1.95. The van der Waals surface area contributed by atoms with Crippen LogP contribution < -0.4 is 0 Å². The lowest BCUT2D eigenvalue weighted by Gasteiger charge is -2.46. The Labute approximate surface area is 124 Å². The second kappa shape index (κ2) is 4.58. The van der Waals surface area contributed by atoms with Crippen LogP contribution in [0, 0.1) is 11.3 Å². The molecule has 0 aromatic heterocycles. The largest absolute Gasteiger partial charge is 0.458 e. The number of allylic oxidation sites excluding steroid dienone is 2. The van der Waals surface area contributed by atoms with Gasteiger partial charge in [0.2, 0.25) is 0 Å². The first-order chi connectivity index (χ1) is 9.82. The number of ether oxygens (including phenoxy) is 2. The normalized spacial score (nSPS) is 34.9. The molecule has 1 aliphatic heterocycles. The Morgan fingerprint density at radius 2 is 2.24 bits per heavy atom. The minimum atomic E-state index is -0.272. The molecule has 0 aromatic rings. The van der Waals surface area contributed by atoms with Crippen molar-refractivity contribution >= 4 is 11.9 Å². The highest BCUT2D eigenvalue weighted by molar-refractivity contribution is 5.94. The van der Waals surface area contributed by atoms with E-state index in [9.17, 15) is 9.59 Å². The minimum Gasteiger partial charge on any atom is -0.458 e. The van der Waals surface area contributed by atoms with Gasteiger partial charge in [-0.2, -0.15) is 0 Å². The third-order valence-electron chi connectivity index (χ3n) is 5.04. The zero-order chi connectivity index (χ0) is 15.4. The van der Waals surface area contributed by atoms with Crippen LogP contribution in [0.3, 0.4) is 0 Å². The summed E-state index contributed by atoms with van der Waals surface area (Å²) in [5.41, 5.74) is 2.53. The molecule has 0 spiro atoms. The Morgan fingerprint density at radius 3 is 2.90 bits per heavy atom. The SMILES string of the molecule is C=C1C(OC(C)=O)CCC2(C)C=C3OC(=O)C(C)=C3CC12. The molecular weight excluding hydrogens is 268 g/mol. The van der Waals surface area contributed by atoms with Crippen molar-refractivity contribution in [3.05, 3.63) is 35.1 Å². The van der Waals surface area contributed by atoms with Crippen molar-refractivity contribution < 1.29 is 19.1 Å². The van der Waals surface area contributed by atoms with Gasteiger partial charge in [0.15, 0.2) is 0 Å². The molecule has 3 atom stereocenters. The zero-order valence-electron chi connectivity index (χ0n) is 12.7. The fourth-order valence-corrected chi connectivity index (χ4v) is 3.74. The number of carbonyl (C=O) groups excluding carboxylic acids is 2. The molecule has 3 rings (SSSR count). The highest BCUT2D eigenvalue weighted by Gasteiger charge is 2.47. The van der Waals surface area contributed by atoms with Crippen LogP contribution in [0.2, 0.25) is 0 Å². The minimum absolute atomic E-state index is 0.0858. The maximum Gasteiger partial charge on any atom is 0.339 e. The van der Waals surface area contributed by atoms with E-state index in [1.165, 1.54) is 6.92 Å². The molecule has 0 radical (unpaired) electrons. The van der Waals surface area contributed by atoms with Crippen LogP contribution >= 0.6 is 0 Å². The van der Waals surface area contributed by atoms with Crippen LogP contribution in [-0.4, -0.2) is 18.0 Å². The van der Waals surface area contributed by atoms with Gasteiger partial charge in [0, 0.05) is 18.1 Å². The topological polar surface area (TPSA) is 52.6 Å². The molecule has 0 saturated heterocycles. The molecule has 1 fully saturated rings. The fourth-order valence-electron chi connectivity index (χ4n) is 3.74. The summed E-state index contributed by atoms with van der Waals surface area (Å²) >= 11 is 0. The summed E-state index contributed by atoms with van der Waals surface area (Å²) in [6, 6.07) is 0. The van der Waals surface area contributed by atoms with Gasteiger partial charge in [0.25, 0.3) is 0 Å². The number of esters is 2. The Bertz CT molecular complexity index is 610. The molecule has 0 bridgehead atoms. The first kappa shape index (κ1) is 14.1. The average molecular weight is 288 g/mol. The molecule has 3 unspecified atom stereocenters. The lowest BCUT2D eigenvalue weighted by Crippen LogP contribution is -2.41. The molecule has 21 heavy (non-hydrogen) atoms. The third kappa shape index (κ3) is 2.13. The predicted octanol–water partition coefficient (Wildman–Crippen LogP) is 3.05. The van der Waals surface area contributed by atoms with E-state index >= 15 is 0 Å². The second-order valence-electron chi connectivity index (χ2n) is 6.48. The lowest BCUT2D eigenvalue weighted by molar-refractivity contribution is -0.146. The molecule has 112 valence electrons. The second-order valence-corrected chi connectivity index (χ2v) is 6.48. The van der Waals surface area contributed by atoms with Crippen molar-refractivity contribution in [3.8, 4) is 0 Å². The van der Waals surface area contributed by atoms with Crippen molar-refractivity contribution in [1.82, 2.24) is 0 Å². The van der Waals surface area contributed by atoms with Crippen LogP contribution in [0.5, 0.6) is 0 Å². The lowest BCUT2D eigenvalue weighted by atomic mass is 9.60. The van der Waals surface area contributed by atoms with Gasteiger partial charge in [0.1, 0.15) is 11.9 Å². The van der Waals surface area contributed by atoms with Gasteiger partial charge in [0.05, 0.1) is 0 Å². The van der Waals surface area contributed by atoms with Crippen molar-refractivity contribution in [2.24, 2.45) is 11.3 Å². The van der Waals surface area contributed by atoms with Gasteiger partial charge in [-0.15, -0.1) is 0 Å². The monoisotopic (exact) mass is 288 g/mol. The van der Waals surface area contributed by atoms with E-state index in [0.29, 0.717) is 5.57 Å². The van der Waals surface area contributed by atoms with Crippen LogP contribution in [0.1, 0.15) is 40.0 Å². The quantitative estimate of drug-likeness (QED) is 0.549. The molecule has 0 N–H and O–H groups in total. The molecule has 4 nitrogen and oxygen atoms in total. The van der Waals surface area contributed by atoms with E-state index in [0.717, 1.165) is 36.2 Å². The summed E-state index contributed by atoms with van der Waals surface area (Å²) in [4.78, 5) is 23.0. The van der Waals surface area contributed by atoms with Crippen molar-refractivity contribution in [1.29, 1.82) is 0 Å². The molecule has 0 amide bonds. The van der Waals surface area contributed by atoms with E-state index in [1.807, 2.05) is 0 Å². The maximum absolute atomic E-state index is 11.7. The van der Waals surface area contributed by atoms with Crippen LogP contribution in [0.15, 0.2) is 35.1 Å². The number of carbonyl (C=O) groups is 2. The number of hydrogen-bond donors (Lipinski definition) is 0. The summed E-state index contributed by atoms with van der Waals surface area (Å²) in [7, 11) is 0. The van der Waals surface area contributed by atoms with E-state index in [-0.39, 0.29) is 29.4 Å². The predicted molar refractivity (Wildman–Crippen MR) is 77.0 cm³/mol. The first-order valence-corrected chi connectivity index (χ1v) is 7.33. The fraction of sp³-hybridized carbons (Fsp3) is 0.529. The Morgan fingerprint density at radius 1 is 1.52 bits per heavy atom. The van der Waals surface area contributed by atoms with Gasteiger partial charge < -0.3 is 9.47 Å². The molecule has 2 aliphatic carbocycles. The summed E-state index contributed by atoms with van der Waals surface area (Å²) in [6.45, 7) is 9.58. The third-order valence-corrected chi connectivity index (χ3v) is 5.04. The van der Waals surface area contributed by atoms with E-state index in [2.05, 4.69) is 19.6 Å². The van der Waals surface area contributed by atoms with Gasteiger partial charge >= 0.3 is 11.9 Å². The van der Waals surface area contributed by atoms with Crippen LogP contribution in [0.4, 0.5) is 0 Å². The zero-order valence-corrected chi connectivity index (χ0v) is 12.7.